The summed E-state index contributed by atoms with van der Waals surface area (Å²) in [6, 6.07) is 0.201. The highest BCUT2D eigenvalue weighted by Gasteiger charge is 2.14. The summed E-state index contributed by atoms with van der Waals surface area (Å²) in [5, 5.41) is 8.29. The van der Waals surface area contributed by atoms with Gasteiger partial charge in [0.1, 0.15) is 0 Å². The van der Waals surface area contributed by atoms with Crippen LogP contribution in [0.2, 0.25) is 0 Å². The Hall–Kier alpha value is -1.26. The molecule has 0 bridgehead atoms. The Bertz CT molecular complexity index is 237. The van der Waals surface area contributed by atoms with Gasteiger partial charge in [0.25, 0.3) is 0 Å². The quantitative estimate of drug-likeness (QED) is 0.620. The van der Waals surface area contributed by atoms with E-state index in [1.54, 1.807) is 0 Å². The van der Waals surface area contributed by atoms with Crippen molar-refractivity contribution in [2.75, 3.05) is 13.1 Å². The normalized spacial score (nSPS) is 16.6. The van der Waals surface area contributed by atoms with Gasteiger partial charge in [0.15, 0.2) is 0 Å². The molecule has 1 fully saturated rings. The van der Waals surface area contributed by atoms with Gasteiger partial charge in [-0.1, -0.05) is 19.3 Å². The summed E-state index contributed by atoms with van der Waals surface area (Å²) >= 11 is 0. The van der Waals surface area contributed by atoms with Crippen LogP contribution in [-0.2, 0) is 4.79 Å². The van der Waals surface area contributed by atoms with Crippen LogP contribution in [0.15, 0.2) is 0 Å². The maximum Gasteiger partial charge on any atom is 0.315 e. The molecule has 0 radical (unpaired) electrons. The number of rotatable bonds is 4. The van der Waals surface area contributed by atoms with Crippen LogP contribution in [0.5, 0.6) is 0 Å². The maximum atomic E-state index is 11.4. The molecule has 0 unspecified atom stereocenters. The first-order chi connectivity index (χ1) is 7.68. The zero-order valence-corrected chi connectivity index (χ0v) is 9.84. The van der Waals surface area contributed by atoms with Crippen LogP contribution in [0.1, 0.15) is 39.0 Å². The van der Waals surface area contributed by atoms with Crippen molar-refractivity contribution >= 4 is 11.9 Å². The van der Waals surface area contributed by atoms with Gasteiger partial charge in [-0.2, -0.15) is 0 Å². The molecule has 0 atom stereocenters. The predicted octanol–water partition coefficient (Wildman–Crippen LogP) is 0.754. The average molecular weight is 227 g/mol. The van der Waals surface area contributed by atoms with Crippen molar-refractivity contribution in [3.63, 3.8) is 0 Å². The zero-order chi connectivity index (χ0) is 11.8. The SMILES string of the molecule is CC(=O)NCCNC(=O)NC1CCCCC1. The Labute approximate surface area is 96.4 Å². The number of hydrogen-bond donors (Lipinski definition) is 3. The standard InChI is InChI=1S/C11H21N3O2/c1-9(15)12-7-8-13-11(16)14-10-5-3-2-4-6-10/h10H,2-8H2,1H3,(H,12,15)(H2,13,14,16). The van der Waals surface area contributed by atoms with Crippen LogP contribution in [0.3, 0.4) is 0 Å². The van der Waals surface area contributed by atoms with E-state index in [-0.39, 0.29) is 11.9 Å². The smallest absolute Gasteiger partial charge is 0.315 e. The Balaban J connectivity index is 2.03. The van der Waals surface area contributed by atoms with Crippen molar-refractivity contribution in [1.82, 2.24) is 16.0 Å². The van der Waals surface area contributed by atoms with E-state index in [0.29, 0.717) is 19.1 Å². The molecule has 1 aliphatic carbocycles. The first-order valence-corrected chi connectivity index (χ1v) is 5.97. The van der Waals surface area contributed by atoms with Crippen LogP contribution in [-0.4, -0.2) is 31.1 Å². The molecule has 3 N–H and O–H groups in total. The molecule has 3 amide bonds. The monoisotopic (exact) mass is 227 g/mol. The molecule has 0 spiro atoms. The van der Waals surface area contributed by atoms with Gasteiger partial charge in [-0.25, -0.2) is 4.79 Å². The highest BCUT2D eigenvalue weighted by molar-refractivity contribution is 5.74. The number of carbonyl (C=O) groups is 2. The third-order valence-electron chi connectivity index (χ3n) is 2.72. The minimum Gasteiger partial charge on any atom is -0.355 e. The first-order valence-electron chi connectivity index (χ1n) is 5.97. The summed E-state index contributed by atoms with van der Waals surface area (Å²) in [4.78, 5) is 22.0. The highest BCUT2D eigenvalue weighted by atomic mass is 16.2. The van der Waals surface area contributed by atoms with Gasteiger partial charge >= 0.3 is 6.03 Å². The first kappa shape index (κ1) is 12.8. The average Bonchev–Trinajstić information content (AvgIpc) is 2.25. The molecule has 0 aromatic heterocycles. The molecule has 5 heteroatoms. The van der Waals surface area contributed by atoms with E-state index in [0.717, 1.165) is 12.8 Å². The van der Waals surface area contributed by atoms with E-state index in [1.807, 2.05) is 0 Å². The Morgan fingerprint density at radius 1 is 1.06 bits per heavy atom. The molecule has 1 aliphatic rings. The van der Waals surface area contributed by atoms with E-state index in [2.05, 4.69) is 16.0 Å². The summed E-state index contributed by atoms with van der Waals surface area (Å²) in [5.41, 5.74) is 0. The second-order valence-electron chi connectivity index (χ2n) is 4.22. The molecule has 0 aromatic rings. The van der Waals surface area contributed by atoms with Gasteiger partial charge in [-0.3, -0.25) is 4.79 Å². The van der Waals surface area contributed by atoms with Crippen LogP contribution < -0.4 is 16.0 Å². The van der Waals surface area contributed by atoms with Crippen LogP contribution in [0.4, 0.5) is 4.79 Å². The Kier molecular flexibility index (Phi) is 5.67. The number of nitrogens with one attached hydrogen (secondary N) is 3. The molecule has 0 aliphatic heterocycles. The fraction of sp³-hybridized carbons (Fsp3) is 0.818. The lowest BCUT2D eigenvalue weighted by Gasteiger charge is -2.22. The number of urea groups is 1. The van der Waals surface area contributed by atoms with Gasteiger partial charge in [0, 0.05) is 26.1 Å². The maximum absolute atomic E-state index is 11.4. The second-order valence-corrected chi connectivity index (χ2v) is 4.22. The van der Waals surface area contributed by atoms with Crippen molar-refractivity contribution in [3.8, 4) is 0 Å². The van der Waals surface area contributed by atoms with Crippen molar-refractivity contribution in [3.05, 3.63) is 0 Å². The molecule has 92 valence electrons. The summed E-state index contributed by atoms with van der Waals surface area (Å²) in [5.74, 6) is -0.0745. The van der Waals surface area contributed by atoms with Gasteiger partial charge in [-0.15, -0.1) is 0 Å². The van der Waals surface area contributed by atoms with E-state index in [4.69, 9.17) is 0 Å². The Morgan fingerprint density at radius 3 is 2.31 bits per heavy atom. The van der Waals surface area contributed by atoms with Gasteiger partial charge in [0.05, 0.1) is 0 Å². The lowest BCUT2D eigenvalue weighted by atomic mass is 9.96. The van der Waals surface area contributed by atoms with Crippen LogP contribution in [0, 0.1) is 0 Å². The highest BCUT2D eigenvalue weighted by Crippen LogP contribution is 2.16. The van der Waals surface area contributed by atoms with Crippen molar-refractivity contribution in [1.29, 1.82) is 0 Å². The summed E-state index contributed by atoms with van der Waals surface area (Å²) < 4.78 is 0. The number of carbonyl (C=O) groups excluding carboxylic acids is 2. The van der Waals surface area contributed by atoms with Crippen molar-refractivity contribution in [2.24, 2.45) is 0 Å². The lowest BCUT2D eigenvalue weighted by molar-refractivity contribution is -0.118. The zero-order valence-electron chi connectivity index (χ0n) is 9.84. The number of hydrogen-bond acceptors (Lipinski definition) is 2. The molecule has 16 heavy (non-hydrogen) atoms. The third kappa shape index (κ3) is 5.58. The van der Waals surface area contributed by atoms with Gasteiger partial charge < -0.3 is 16.0 Å². The van der Waals surface area contributed by atoms with Crippen LogP contribution in [0.25, 0.3) is 0 Å². The molecule has 1 saturated carbocycles. The fourth-order valence-electron chi connectivity index (χ4n) is 1.90. The fourth-order valence-corrected chi connectivity index (χ4v) is 1.90. The van der Waals surface area contributed by atoms with Crippen LogP contribution >= 0.6 is 0 Å². The van der Waals surface area contributed by atoms with Gasteiger partial charge in [0.2, 0.25) is 5.91 Å². The van der Waals surface area contributed by atoms with E-state index < -0.39 is 0 Å². The largest absolute Gasteiger partial charge is 0.355 e. The lowest BCUT2D eigenvalue weighted by Crippen LogP contribution is -2.45. The molecule has 0 heterocycles. The molecule has 0 saturated heterocycles. The van der Waals surface area contributed by atoms with Crippen molar-refractivity contribution in [2.45, 2.75) is 45.1 Å². The summed E-state index contributed by atoms with van der Waals surface area (Å²) in [7, 11) is 0. The van der Waals surface area contributed by atoms with E-state index >= 15 is 0 Å². The molecular formula is C11H21N3O2. The molecular weight excluding hydrogens is 206 g/mol. The van der Waals surface area contributed by atoms with Gasteiger partial charge in [-0.05, 0) is 12.8 Å². The third-order valence-corrected chi connectivity index (χ3v) is 2.72. The van der Waals surface area contributed by atoms with Crippen molar-refractivity contribution < 1.29 is 9.59 Å². The minimum atomic E-state index is -0.128. The summed E-state index contributed by atoms with van der Waals surface area (Å²) in [6.07, 6.45) is 5.86. The molecule has 5 nitrogen and oxygen atoms in total. The predicted molar refractivity (Wildman–Crippen MR) is 62.1 cm³/mol. The van der Waals surface area contributed by atoms with E-state index in [1.165, 1.54) is 26.2 Å². The molecule has 1 rings (SSSR count). The Morgan fingerprint density at radius 2 is 1.69 bits per heavy atom. The summed E-state index contributed by atoms with van der Waals surface area (Å²) in [6.45, 7) is 2.41. The minimum absolute atomic E-state index is 0.0745. The second kappa shape index (κ2) is 7.09. The molecule has 0 aromatic carbocycles. The topological polar surface area (TPSA) is 70.2 Å². The number of amides is 3. The van der Waals surface area contributed by atoms with E-state index in [9.17, 15) is 9.59 Å².